The molecule has 0 aromatic heterocycles. The zero-order valence-corrected chi connectivity index (χ0v) is 16.9. The monoisotopic (exact) mass is 435 g/mol. The van der Waals surface area contributed by atoms with Crippen LogP contribution in [0.3, 0.4) is 0 Å². The molecule has 1 N–H and O–H groups in total. The minimum absolute atomic E-state index is 0. The van der Waals surface area contributed by atoms with Crippen LogP contribution in [-0.2, 0) is 10.1 Å². The number of carbonyl (C=O) groups excluding carboxylic acids is 2. The summed E-state index contributed by atoms with van der Waals surface area (Å²) in [4.78, 5) is 34.5. The molecule has 0 fully saturated rings. The Bertz CT molecular complexity index is 1070. The number of hydrogen-bond acceptors (Lipinski definition) is 6. The van der Waals surface area contributed by atoms with Gasteiger partial charge in [-0.1, -0.05) is 24.3 Å². The van der Waals surface area contributed by atoms with Crippen LogP contribution in [0.15, 0.2) is 39.7 Å². The fourth-order valence-corrected chi connectivity index (χ4v) is 4.03. The van der Waals surface area contributed by atoms with Crippen LogP contribution < -0.4 is 29.6 Å². The molecule has 0 heterocycles. The fraction of sp³-hybridized carbons (Fsp3) is 0. The van der Waals surface area contributed by atoms with Crippen molar-refractivity contribution >= 4 is 43.3 Å². The topological polar surface area (TPSA) is 132 Å². The van der Waals surface area contributed by atoms with Gasteiger partial charge in [-0.05, 0) is 22.0 Å². The van der Waals surface area contributed by atoms with E-state index in [0.717, 1.165) is 6.07 Å². The Hall–Kier alpha value is -1.43. The number of nitro groups is 1. The van der Waals surface area contributed by atoms with E-state index in [-0.39, 0.29) is 52.1 Å². The maximum Gasteiger partial charge on any atom is 1.00 e. The van der Waals surface area contributed by atoms with Crippen LogP contribution in [0.4, 0.5) is 5.69 Å². The smallest absolute Gasteiger partial charge is 1.00 e. The van der Waals surface area contributed by atoms with E-state index in [0.29, 0.717) is 0 Å². The SMILES string of the molecule is O=C1c2ccccc2C(=O)c2c1c(Br)cc(S(=O)(=O)O)c2[N+](=O)[O-].[H-].[Na+]. The number of nitro benzene ring substituents is 1. The molecule has 8 nitrogen and oxygen atoms in total. The van der Waals surface area contributed by atoms with E-state index in [1.807, 2.05) is 0 Å². The van der Waals surface area contributed by atoms with Crippen LogP contribution in [0.1, 0.15) is 33.3 Å². The third-order valence-electron chi connectivity index (χ3n) is 3.55. The largest absolute Gasteiger partial charge is 1.00 e. The summed E-state index contributed by atoms with van der Waals surface area (Å²) in [6, 6.07) is 6.46. The van der Waals surface area contributed by atoms with Gasteiger partial charge in [0, 0.05) is 15.6 Å². The van der Waals surface area contributed by atoms with Crippen molar-refractivity contribution in [3.8, 4) is 0 Å². The molecule has 25 heavy (non-hydrogen) atoms. The molecule has 0 aliphatic heterocycles. The molecule has 0 saturated heterocycles. The van der Waals surface area contributed by atoms with Crippen LogP contribution in [-0.4, -0.2) is 29.5 Å². The predicted molar refractivity (Wildman–Crippen MR) is 85.0 cm³/mol. The van der Waals surface area contributed by atoms with Crippen molar-refractivity contribution in [2.75, 3.05) is 0 Å². The van der Waals surface area contributed by atoms with Gasteiger partial charge in [-0.25, -0.2) is 0 Å². The second-order valence-electron chi connectivity index (χ2n) is 4.89. The van der Waals surface area contributed by atoms with Gasteiger partial charge in [-0.15, -0.1) is 0 Å². The van der Waals surface area contributed by atoms with E-state index in [9.17, 15) is 32.7 Å². The van der Waals surface area contributed by atoms with Gasteiger partial charge in [-0.3, -0.25) is 24.3 Å². The molecular weight excluding hydrogens is 429 g/mol. The number of nitrogens with zero attached hydrogens (tertiary/aromatic N) is 1. The van der Waals surface area contributed by atoms with E-state index in [4.69, 9.17) is 0 Å². The average molecular weight is 436 g/mol. The summed E-state index contributed by atoms with van der Waals surface area (Å²) in [5, 5.41) is 11.4. The van der Waals surface area contributed by atoms with E-state index < -0.39 is 42.8 Å². The molecule has 0 unspecified atom stereocenters. The van der Waals surface area contributed by atoms with E-state index >= 15 is 0 Å². The minimum Gasteiger partial charge on any atom is -1.00 e. The maximum atomic E-state index is 12.7. The van der Waals surface area contributed by atoms with Gasteiger partial charge in [0.15, 0.2) is 10.7 Å². The normalized spacial score (nSPS) is 12.9. The first-order chi connectivity index (χ1) is 11.1. The number of halogens is 1. The van der Waals surface area contributed by atoms with Crippen molar-refractivity contribution in [2.24, 2.45) is 0 Å². The molecule has 0 saturated carbocycles. The van der Waals surface area contributed by atoms with Crippen molar-refractivity contribution < 1.29 is 58.5 Å². The Kier molecular flexibility index (Phi) is 5.34. The molecule has 0 atom stereocenters. The molecular formula is C14H7BrNNaO7S. The predicted octanol–water partition coefficient (Wildman–Crippen LogP) is -0.504. The number of carbonyl (C=O) groups is 2. The van der Waals surface area contributed by atoms with Gasteiger partial charge in [-0.2, -0.15) is 8.42 Å². The summed E-state index contributed by atoms with van der Waals surface area (Å²) >= 11 is 2.96. The second kappa shape index (κ2) is 6.71. The zero-order chi connectivity index (χ0) is 17.8. The van der Waals surface area contributed by atoms with Crippen molar-refractivity contribution in [3.63, 3.8) is 0 Å². The summed E-state index contributed by atoms with van der Waals surface area (Å²) in [7, 11) is -4.99. The third-order valence-corrected chi connectivity index (χ3v) is 5.04. The van der Waals surface area contributed by atoms with Crippen LogP contribution >= 0.6 is 15.9 Å². The van der Waals surface area contributed by atoms with Crippen LogP contribution in [0, 0.1) is 10.1 Å². The molecule has 0 radical (unpaired) electrons. The molecule has 3 rings (SSSR count). The number of hydrogen-bond donors (Lipinski definition) is 1. The molecule has 0 amide bonds. The van der Waals surface area contributed by atoms with Crippen LogP contribution in [0.5, 0.6) is 0 Å². The van der Waals surface area contributed by atoms with Gasteiger partial charge in [0.2, 0.25) is 5.78 Å². The summed E-state index contributed by atoms with van der Waals surface area (Å²) in [5.41, 5.74) is -2.10. The van der Waals surface area contributed by atoms with Crippen LogP contribution in [0.25, 0.3) is 0 Å². The van der Waals surface area contributed by atoms with E-state index in [1.165, 1.54) is 24.3 Å². The maximum absolute atomic E-state index is 12.7. The van der Waals surface area contributed by atoms with E-state index in [1.54, 1.807) is 0 Å². The minimum atomic E-state index is -4.99. The average Bonchev–Trinajstić information content (AvgIpc) is 2.50. The zero-order valence-electron chi connectivity index (χ0n) is 13.5. The number of fused-ring (bicyclic) bond motifs is 2. The molecule has 2 aromatic rings. The Morgan fingerprint density at radius 2 is 1.56 bits per heavy atom. The molecule has 2 aromatic carbocycles. The third kappa shape index (κ3) is 3.09. The van der Waals surface area contributed by atoms with Gasteiger partial charge >= 0.3 is 45.4 Å². The molecule has 124 valence electrons. The molecule has 0 bridgehead atoms. The Balaban J connectivity index is 0.00000169. The number of ketones is 2. The quantitative estimate of drug-likeness (QED) is 0.248. The second-order valence-corrected chi connectivity index (χ2v) is 7.14. The van der Waals surface area contributed by atoms with Crippen LogP contribution in [0.2, 0.25) is 0 Å². The first kappa shape index (κ1) is 19.9. The fourth-order valence-electron chi connectivity index (χ4n) is 2.59. The Labute approximate surface area is 173 Å². The Morgan fingerprint density at radius 1 is 1.08 bits per heavy atom. The van der Waals surface area contributed by atoms with Gasteiger partial charge in [0.1, 0.15) is 5.56 Å². The van der Waals surface area contributed by atoms with Crippen molar-refractivity contribution in [1.29, 1.82) is 0 Å². The summed E-state index contributed by atoms with van der Waals surface area (Å²) in [6.07, 6.45) is 0. The standard InChI is InChI=1S/C14H6BrNO7S.Na.H/c15-8-5-9(24(21,22)23)12(16(19)20)11-10(8)13(17)6-3-1-2-4-7(6)14(11)18;;/h1-5H,(H,21,22,23);;/q;+1;-1. The summed E-state index contributed by atoms with van der Waals surface area (Å²) in [6.45, 7) is 0. The number of rotatable bonds is 2. The first-order valence-corrected chi connectivity index (χ1v) is 8.54. The molecule has 0 spiro atoms. The first-order valence-electron chi connectivity index (χ1n) is 6.31. The van der Waals surface area contributed by atoms with Crippen molar-refractivity contribution in [2.45, 2.75) is 4.90 Å². The number of benzene rings is 2. The Morgan fingerprint density at radius 3 is 2.00 bits per heavy atom. The van der Waals surface area contributed by atoms with Crippen molar-refractivity contribution in [3.05, 3.63) is 67.2 Å². The van der Waals surface area contributed by atoms with Gasteiger partial charge in [0.25, 0.3) is 0 Å². The molecule has 11 heteroatoms. The van der Waals surface area contributed by atoms with E-state index in [2.05, 4.69) is 15.9 Å². The van der Waals surface area contributed by atoms with Gasteiger partial charge < -0.3 is 1.43 Å². The molecule has 1 aliphatic rings. The van der Waals surface area contributed by atoms with Crippen molar-refractivity contribution in [1.82, 2.24) is 0 Å². The summed E-state index contributed by atoms with van der Waals surface area (Å²) in [5.74, 6) is -1.52. The van der Waals surface area contributed by atoms with Gasteiger partial charge in [0.05, 0.1) is 10.5 Å². The summed E-state index contributed by atoms with van der Waals surface area (Å²) < 4.78 is 32.0. The molecule has 1 aliphatic carbocycles.